The van der Waals surface area contributed by atoms with E-state index in [0.29, 0.717) is 12.0 Å². The van der Waals surface area contributed by atoms with Crippen LogP contribution in [0.1, 0.15) is 35.4 Å². The molecule has 28 heavy (non-hydrogen) atoms. The standard InChI is InChI=1S/C24H29N3O/c1-4-17(24-18(5-1)10-15-28-24)6-3-12-26-13-9-22-20(16-26)19-7-2-8-21-23(19)27(22)14-11-25-21/h1-2,4-5,7-8,20,22,25H,3,6,9-16H2. The maximum absolute atomic E-state index is 5.88. The Kier molecular flexibility index (Phi) is 4.00. The maximum atomic E-state index is 5.88. The highest BCUT2D eigenvalue weighted by Crippen LogP contribution is 2.49. The molecular weight excluding hydrogens is 346 g/mol. The molecular formula is C24H29N3O. The van der Waals surface area contributed by atoms with Crippen LogP contribution < -0.4 is 15.0 Å². The molecule has 2 unspecified atom stereocenters. The second-order valence-electron chi connectivity index (χ2n) is 8.73. The molecule has 0 aromatic heterocycles. The van der Waals surface area contributed by atoms with Crippen molar-refractivity contribution in [2.24, 2.45) is 0 Å². The molecule has 4 heteroatoms. The SMILES string of the molecule is c1cc(CCCN2CCC3C(C2)c2cccc4c2N3CCN4)c2c(c1)CCO2. The second kappa shape index (κ2) is 6.70. The number of para-hydroxylation sites is 2. The molecule has 0 amide bonds. The van der Waals surface area contributed by atoms with Gasteiger partial charge in [-0.15, -0.1) is 0 Å². The van der Waals surface area contributed by atoms with Gasteiger partial charge in [-0.2, -0.15) is 0 Å². The van der Waals surface area contributed by atoms with Crippen LogP contribution in [0.15, 0.2) is 36.4 Å². The Hall–Kier alpha value is -2.20. The largest absolute Gasteiger partial charge is 0.493 e. The number of likely N-dealkylation sites (tertiary alicyclic amines) is 1. The lowest BCUT2D eigenvalue weighted by Crippen LogP contribution is -2.48. The first-order valence-electron chi connectivity index (χ1n) is 11.0. The Morgan fingerprint density at radius 1 is 1.11 bits per heavy atom. The minimum atomic E-state index is 0.674. The normalized spacial score (nSPS) is 24.9. The van der Waals surface area contributed by atoms with E-state index in [0.717, 1.165) is 32.5 Å². The molecule has 2 atom stereocenters. The smallest absolute Gasteiger partial charge is 0.125 e. The number of nitrogens with zero attached hydrogens (tertiary/aromatic N) is 2. The Balaban J connectivity index is 1.13. The summed E-state index contributed by atoms with van der Waals surface area (Å²) in [5.41, 5.74) is 7.23. The minimum Gasteiger partial charge on any atom is -0.493 e. The molecule has 4 nitrogen and oxygen atoms in total. The summed E-state index contributed by atoms with van der Waals surface area (Å²) in [6.45, 7) is 6.73. The zero-order chi connectivity index (χ0) is 18.5. The van der Waals surface area contributed by atoms with Crippen molar-refractivity contribution in [1.29, 1.82) is 0 Å². The summed E-state index contributed by atoms with van der Waals surface area (Å²) in [6, 6.07) is 14.2. The summed E-state index contributed by atoms with van der Waals surface area (Å²) in [5, 5.41) is 3.60. The summed E-state index contributed by atoms with van der Waals surface area (Å²) in [7, 11) is 0. The number of rotatable bonds is 4. The topological polar surface area (TPSA) is 27.7 Å². The van der Waals surface area contributed by atoms with Crippen molar-refractivity contribution in [1.82, 2.24) is 4.90 Å². The van der Waals surface area contributed by atoms with Crippen molar-refractivity contribution in [3.05, 3.63) is 53.1 Å². The molecule has 1 saturated heterocycles. The molecule has 4 heterocycles. The summed E-state index contributed by atoms with van der Waals surface area (Å²) in [6.07, 6.45) is 4.72. The molecule has 2 aromatic carbocycles. The number of piperidine rings is 1. The molecule has 2 aromatic rings. The van der Waals surface area contributed by atoms with E-state index in [2.05, 4.69) is 51.5 Å². The van der Waals surface area contributed by atoms with E-state index in [9.17, 15) is 0 Å². The Morgan fingerprint density at radius 3 is 3.07 bits per heavy atom. The predicted octanol–water partition coefficient (Wildman–Crippen LogP) is 3.66. The fourth-order valence-corrected chi connectivity index (χ4v) is 5.94. The fourth-order valence-electron chi connectivity index (χ4n) is 5.94. The fraction of sp³-hybridized carbons (Fsp3) is 0.500. The number of benzene rings is 2. The molecule has 0 saturated carbocycles. The Morgan fingerprint density at radius 2 is 2.07 bits per heavy atom. The summed E-state index contributed by atoms with van der Waals surface area (Å²) < 4.78 is 5.88. The van der Waals surface area contributed by atoms with Crippen molar-refractivity contribution in [3.63, 3.8) is 0 Å². The zero-order valence-electron chi connectivity index (χ0n) is 16.5. The lowest BCUT2D eigenvalue weighted by molar-refractivity contribution is 0.191. The summed E-state index contributed by atoms with van der Waals surface area (Å²) >= 11 is 0. The van der Waals surface area contributed by atoms with Crippen LogP contribution in [0.25, 0.3) is 0 Å². The highest BCUT2D eigenvalue weighted by Gasteiger charge is 2.43. The average Bonchev–Trinajstić information content (AvgIpc) is 3.34. The highest BCUT2D eigenvalue weighted by molar-refractivity contribution is 5.80. The van der Waals surface area contributed by atoms with Crippen molar-refractivity contribution in [2.75, 3.05) is 49.5 Å². The molecule has 6 rings (SSSR count). The molecule has 4 aliphatic rings. The monoisotopic (exact) mass is 375 g/mol. The van der Waals surface area contributed by atoms with Gasteiger partial charge in [-0.1, -0.05) is 30.3 Å². The van der Waals surface area contributed by atoms with Gasteiger partial charge in [0.05, 0.1) is 18.0 Å². The molecule has 4 aliphatic heterocycles. The summed E-state index contributed by atoms with van der Waals surface area (Å²) in [5.74, 6) is 1.85. The van der Waals surface area contributed by atoms with E-state index >= 15 is 0 Å². The quantitative estimate of drug-likeness (QED) is 0.883. The molecule has 1 fully saturated rings. The number of nitrogens with one attached hydrogen (secondary N) is 1. The van der Waals surface area contributed by atoms with E-state index in [1.807, 2.05) is 0 Å². The first kappa shape index (κ1) is 16.7. The highest BCUT2D eigenvalue weighted by atomic mass is 16.5. The number of hydrogen-bond acceptors (Lipinski definition) is 4. The minimum absolute atomic E-state index is 0.674. The van der Waals surface area contributed by atoms with Crippen LogP contribution in [0.3, 0.4) is 0 Å². The first-order valence-corrected chi connectivity index (χ1v) is 11.0. The van der Waals surface area contributed by atoms with E-state index in [-0.39, 0.29) is 0 Å². The van der Waals surface area contributed by atoms with Gasteiger partial charge < -0.3 is 19.9 Å². The maximum Gasteiger partial charge on any atom is 0.125 e. The molecule has 0 bridgehead atoms. The third-order valence-electron chi connectivity index (χ3n) is 7.20. The van der Waals surface area contributed by atoms with Crippen LogP contribution in [-0.2, 0) is 12.8 Å². The molecule has 0 aliphatic carbocycles. The van der Waals surface area contributed by atoms with Crippen LogP contribution in [0.4, 0.5) is 11.4 Å². The van der Waals surface area contributed by atoms with E-state index in [4.69, 9.17) is 4.74 Å². The number of ether oxygens (including phenoxy) is 1. The number of hydrogen-bond donors (Lipinski definition) is 1. The zero-order valence-corrected chi connectivity index (χ0v) is 16.5. The Labute approximate surface area is 167 Å². The van der Waals surface area contributed by atoms with Gasteiger partial charge >= 0.3 is 0 Å². The average molecular weight is 376 g/mol. The molecule has 146 valence electrons. The lowest BCUT2D eigenvalue weighted by Gasteiger charge is -2.40. The van der Waals surface area contributed by atoms with Gasteiger partial charge in [-0.25, -0.2) is 0 Å². The van der Waals surface area contributed by atoms with Crippen molar-refractivity contribution in [2.45, 2.75) is 37.6 Å². The van der Waals surface area contributed by atoms with Gasteiger partial charge in [0, 0.05) is 44.6 Å². The van der Waals surface area contributed by atoms with Gasteiger partial charge in [-0.3, -0.25) is 0 Å². The lowest BCUT2D eigenvalue weighted by atomic mass is 9.89. The van der Waals surface area contributed by atoms with Crippen molar-refractivity contribution in [3.8, 4) is 5.75 Å². The molecule has 1 N–H and O–H groups in total. The third-order valence-corrected chi connectivity index (χ3v) is 7.20. The van der Waals surface area contributed by atoms with Gasteiger partial charge in [0.15, 0.2) is 0 Å². The van der Waals surface area contributed by atoms with E-state index in [1.165, 1.54) is 60.7 Å². The van der Waals surface area contributed by atoms with Crippen LogP contribution in [0, 0.1) is 0 Å². The number of fused-ring (bicyclic) bond motifs is 4. The van der Waals surface area contributed by atoms with Gasteiger partial charge in [0.25, 0.3) is 0 Å². The molecule has 0 spiro atoms. The van der Waals surface area contributed by atoms with Gasteiger partial charge in [0.2, 0.25) is 0 Å². The van der Waals surface area contributed by atoms with Gasteiger partial charge in [-0.05, 0) is 48.6 Å². The van der Waals surface area contributed by atoms with Crippen LogP contribution in [-0.4, -0.2) is 50.3 Å². The van der Waals surface area contributed by atoms with Crippen molar-refractivity contribution >= 4 is 11.4 Å². The number of anilines is 2. The van der Waals surface area contributed by atoms with Gasteiger partial charge in [0.1, 0.15) is 5.75 Å². The Bertz CT molecular complexity index is 895. The van der Waals surface area contributed by atoms with Crippen LogP contribution >= 0.6 is 0 Å². The van der Waals surface area contributed by atoms with E-state index in [1.54, 1.807) is 5.56 Å². The summed E-state index contributed by atoms with van der Waals surface area (Å²) in [4.78, 5) is 5.41. The van der Waals surface area contributed by atoms with Crippen molar-refractivity contribution < 1.29 is 4.74 Å². The number of aryl methyl sites for hydroxylation is 1. The van der Waals surface area contributed by atoms with Crippen LogP contribution in [0.2, 0.25) is 0 Å². The third kappa shape index (κ3) is 2.61. The predicted molar refractivity (Wildman–Crippen MR) is 114 cm³/mol. The van der Waals surface area contributed by atoms with Crippen LogP contribution in [0.5, 0.6) is 5.75 Å². The molecule has 0 radical (unpaired) electrons. The van der Waals surface area contributed by atoms with E-state index < -0.39 is 0 Å². The first-order chi connectivity index (χ1) is 13.9. The second-order valence-corrected chi connectivity index (χ2v) is 8.73.